The first-order valence-corrected chi connectivity index (χ1v) is 7.68. The number of pyridine rings is 1. The van der Waals surface area contributed by atoms with Gasteiger partial charge in [0.15, 0.2) is 17.5 Å². The molecule has 1 saturated heterocycles. The van der Waals surface area contributed by atoms with E-state index in [2.05, 4.69) is 0 Å². The van der Waals surface area contributed by atoms with Gasteiger partial charge in [0.05, 0.1) is 18.0 Å². The van der Waals surface area contributed by atoms with Crippen LogP contribution in [0.4, 0.5) is 13.2 Å². The van der Waals surface area contributed by atoms with Crippen molar-refractivity contribution in [3.63, 3.8) is 0 Å². The smallest absolute Gasteiger partial charge is 0.341 e. The van der Waals surface area contributed by atoms with Crippen molar-refractivity contribution >= 4 is 16.9 Å². The van der Waals surface area contributed by atoms with Crippen molar-refractivity contribution in [1.29, 1.82) is 0 Å². The number of rotatable bonds is 3. The average Bonchev–Trinajstić information content (AvgIpc) is 3.42. The minimum absolute atomic E-state index is 0.198. The number of benzene rings is 2. The Labute approximate surface area is 144 Å². The largest absolute Gasteiger partial charge is 0.477 e. The van der Waals surface area contributed by atoms with E-state index >= 15 is 0 Å². The zero-order chi connectivity index (χ0) is 18.6. The van der Waals surface area contributed by atoms with E-state index in [0.717, 1.165) is 16.4 Å². The molecule has 3 aromatic rings. The molecule has 1 aromatic heterocycles. The van der Waals surface area contributed by atoms with Crippen LogP contribution >= 0.6 is 0 Å². The fraction of sp³-hybridized carbons (Fsp3) is 0.111. The number of carbonyl (C=O) groups is 1. The van der Waals surface area contributed by atoms with Crippen molar-refractivity contribution < 1.29 is 23.1 Å². The van der Waals surface area contributed by atoms with Gasteiger partial charge in [-0.2, -0.15) is 0 Å². The molecule has 0 saturated carbocycles. The number of hydrogen-bond acceptors (Lipinski definition) is 3. The highest BCUT2D eigenvalue weighted by molar-refractivity contribution is 5.93. The topological polar surface area (TPSA) is 62.3 Å². The van der Waals surface area contributed by atoms with Gasteiger partial charge in [-0.1, -0.05) is 30.3 Å². The Balaban J connectivity index is 1.97. The van der Waals surface area contributed by atoms with Crippen LogP contribution < -0.4 is 10.4 Å². The molecule has 4 rings (SSSR count). The van der Waals surface area contributed by atoms with Gasteiger partial charge in [-0.05, 0) is 11.6 Å². The monoisotopic (exact) mass is 360 g/mol. The van der Waals surface area contributed by atoms with Crippen molar-refractivity contribution in [2.24, 2.45) is 0 Å². The summed E-state index contributed by atoms with van der Waals surface area (Å²) >= 11 is 0. The van der Waals surface area contributed by atoms with E-state index < -0.39 is 45.3 Å². The van der Waals surface area contributed by atoms with Crippen molar-refractivity contribution in [3.8, 4) is 0 Å². The van der Waals surface area contributed by atoms with E-state index in [1.807, 2.05) is 30.3 Å². The van der Waals surface area contributed by atoms with Crippen LogP contribution in [0.3, 0.4) is 0 Å². The van der Waals surface area contributed by atoms with Crippen molar-refractivity contribution in [2.75, 3.05) is 11.6 Å². The lowest BCUT2D eigenvalue weighted by Gasteiger charge is -2.16. The van der Waals surface area contributed by atoms with Gasteiger partial charge >= 0.3 is 5.97 Å². The first-order chi connectivity index (χ1) is 12.4. The molecule has 0 aliphatic carbocycles. The van der Waals surface area contributed by atoms with Crippen LogP contribution in [0, 0.1) is 17.5 Å². The highest BCUT2D eigenvalue weighted by Gasteiger charge is 2.38. The molecular weight excluding hydrogens is 349 g/mol. The molecule has 132 valence electrons. The molecule has 1 unspecified atom stereocenters. The SMILES string of the molecule is O=C(O)c1cn(N2CC2c2ccccc2)c2c(F)c(F)c(F)cc2c1=O. The van der Waals surface area contributed by atoms with Crippen molar-refractivity contribution in [3.05, 3.63) is 81.4 Å². The predicted octanol–water partition coefficient (Wildman–Crippen LogP) is 2.81. The van der Waals surface area contributed by atoms with Gasteiger partial charge in [0, 0.05) is 6.20 Å². The summed E-state index contributed by atoms with van der Waals surface area (Å²) in [5, 5.41) is 10.3. The van der Waals surface area contributed by atoms with Gasteiger partial charge in [-0.25, -0.2) is 18.0 Å². The minimum Gasteiger partial charge on any atom is -0.477 e. The molecule has 1 atom stereocenters. The first kappa shape index (κ1) is 16.2. The number of fused-ring (bicyclic) bond motifs is 1. The van der Waals surface area contributed by atoms with Gasteiger partial charge in [-0.3, -0.25) is 9.47 Å². The Hall–Kier alpha value is -3.29. The molecule has 1 fully saturated rings. The van der Waals surface area contributed by atoms with E-state index in [4.69, 9.17) is 0 Å². The van der Waals surface area contributed by atoms with Gasteiger partial charge in [0.1, 0.15) is 11.1 Å². The van der Waals surface area contributed by atoms with Gasteiger partial charge in [0.25, 0.3) is 0 Å². The molecular formula is C18H11F3N2O3. The van der Waals surface area contributed by atoms with E-state index in [1.165, 1.54) is 0 Å². The standard InChI is InChI=1S/C18H11F3N2O3/c19-12-6-10-16(15(21)14(12)20)23(7-11(17(10)24)18(25)26)22-8-13(22)9-4-2-1-3-5-9/h1-7,13H,8H2,(H,25,26). The highest BCUT2D eigenvalue weighted by Crippen LogP contribution is 2.35. The summed E-state index contributed by atoms with van der Waals surface area (Å²) in [6, 6.07) is 9.46. The number of halogens is 3. The fourth-order valence-corrected chi connectivity index (χ4v) is 3.05. The normalized spacial score (nSPS) is 16.1. The summed E-state index contributed by atoms with van der Waals surface area (Å²) < 4.78 is 42.8. The highest BCUT2D eigenvalue weighted by atomic mass is 19.2. The van der Waals surface area contributed by atoms with Crippen LogP contribution in [-0.4, -0.2) is 22.3 Å². The summed E-state index contributed by atoms with van der Waals surface area (Å²) in [6.45, 7) is 0.402. The van der Waals surface area contributed by atoms with Crippen molar-refractivity contribution in [1.82, 2.24) is 4.68 Å². The van der Waals surface area contributed by atoms with E-state index in [0.29, 0.717) is 12.6 Å². The van der Waals surface area contributed by atoms with Crippen LogP contribution in [0.1, 0.15) is 22.0 Å². The van der Waals surface area contributed by atoms with E-state index in [9.17, 15) is 27.9 Å². The number of aromatic carboxylic acids is 1. The molecule has 1 aliphatic heterocycles. The third-order valence-electron chi connectivity index (χ3n) is 4.38. The Bertz CT molecular complexity index is 1110. The van der Waals surface area contributed by atoms with Gasteiger partial charge in [-0.15, -0.1) is 0 Å². The second-order valence-corrected chi connectivity index (χ2v) is 5.95. The maximum Gasteiger partial charge on any atom is 0.341 e. The third kappa shape index (κ3) is 2.33. The lowest BCUT2D eigenvalue weighted by Crippen LogP contribution is -2.25. The van der Waals surface area contributed by atoms with Crippen LogP contribution in [0.15, 0.2) is 47.4 Å². The van der Waals surface area contributed by atoms with Crippen molar-refractivity contribution in [2.45, 2.75) is 6.04 Å². The Kier molecular flexibility index (Phi) is 3.50. The Morgan fingerprint density at radius 2 is 1.81 bits per heavy atom. The summed E-state index contributed by atoms with van der Waals surface area (Å²) in [5.74, 6) is -6.33. The molecule has 2 aromatic carbocycles. The molecule has 0 spiro atoms. The second kappa shape index (κ2) is 5.62. The zero-order valence-corrected chi connectivity index (χ0v) is 13.1. The summed E-state index contributed by atoms with van der Waals surface area (Å²) in [7, 11) is 0. The van der Waals surface area contributed by atoms with Gasteiger partial charge in [0.2, 0.25) is 5.43 Å². The fourth-order valence-electron chi connectivity index (χ4n) is 3.05. The lowest BCUT2D eigenvalue weighted by atomic mass is 10.1. The molecule has 26 heavy (non-hydrogen) atoms. The lowest BCUT2D eigenvalue weighted by molar-refractivity contribution is 0.0695. The molecule has 1 N–H and O–H groups in total. The number of carboxylic acid groups (broad SMARTS) is 1. The van der Waals surface area contributed by atoms with E-state index in [1.54, 1.807) is 5.01 Å². The average molecular weight is 360 g/mol. The van der Waals surface area contributed by atoms with E-state index in [-0.39, 0.29) is 6.04 Å². The Morgan fingerprint density at radius 1 is 1.12 bits per heavy atom. The molecule has 0 amide bonds. The molecule has 5 nitrogen and oxygen atoms in total. The van der Waals surface area contributed by atoms with Crippen LogP contribution in [0.2, 0.25) is 0 Å². The maximum absolute atomic E-state index is 14.4. The quantitative estimate of drug-likeness (QED) is 0.576. The van der Waals surface area contributed by atoms with Crippen LogP contribution in [0.25, 0.3) is 10.9 Å². The second-order valence-electron chi connectivity index (χ2n) is 5.95. The van der Waals surface area contributed by atoms with Gasteiger partial charge < -0.3 is 10.1 Å². The zero-order valence-electron chi connectivity index (χ0n) is 13.1. The predicted molar refractivity (Wildman–Crippen MR) is 87.3 cm³/mol. The first-order valence-electron chi connectivity index (χ1n) is 7.68. The summed E-state index contributed by atoms with van der Waals surface area (Å²) in [4.78, 5) is 23.6. The molecule has 0 bridgehead atoms. The number of aromatic nitrogens is 1. The summed E-state index contributed by atoms with van der Waals surface area (Å²) in [6.07, 6.45) is 0.941. The van der Waals surface area contributed by atoms with Crippen LogP contribution in [-0.2, 0) is 0 Å². The van der Waals surface area contributed by atoms with Crippen LogP contribution in [0.5, 0.6) is 0 Å². The molecule has 0 radical (unpaired) electrons. The number of hydrogen-bond donors (Lipinski definition) is 1. The molecule has 1 aliphatic rings. The summed E-state index contributed by atoms with van der Waals surface area (Å²) in [5.41, 5.74) is -1.32. The third-order valence-corrected chi connectivity index (χ3v) is 4.38. The number of carboxylic acids is 1. The maximum atomic E-state index is 14.4. The Morgan fingerprint density at radius 3 is 2.46 bits per heavy atom. The molecule has 8 heteroatoms. The molecule has 2 heterocycles. The minimum atomic E-state index is -1.72. The number of nitrogens with zero attached hydrogens (tertiary/aromatic N) is 2.